The van der Waals surface area contributed by atoms with Crippen molar-refractivity contribution in [2.75, 3.05) is 26.4 Å². The molecule has 0 saturated heterocycles. The van der Waals surface area contributed by atoms with E-state index in [0.29, 0.717) is 16.5 Å². The fourth-order valence-corrected chi connectivity index (χ4v) is 2.74. The summed E-state index contributed by atoms with van der Waals surface area (Å²) in [4.78, 5) is 2.16. The zero-order chi connectivity index (χ0) is 11.7. The van der Waals surface area contributed by atoms with E-state index in [1.807, 2.05) is 0 Å². The molecule has 0 unspecified atom stereocenters. The summed E-state index contributed by atoms with van der Waals surface area (Å²) >= 11 is 0. The fourth-order valence-electron chi connectivity index (χ4n) is 1.22. The Morgan fingerprint density at radius 3 is 2.13 bits per heavy atom. The van der Waals surface area contributed by atoms with Crippen LogP contribution in [0.4, 0.5) is 0 Å². The van der Waals surface area contributed by atoms with Crippen LogP contribution in [0.2, 0.25) is 0 Å². The molecule has 0 aliphatic rings. The van der Waals surface area contributed by atoms with Crippen LogP contribution in [0.15, 0.2) is 0 Å². The SMILES string of the molecule is CN(C)CCCCCCCSS(=O)(=O)O. The van der Waals surface area contributed by atoms with Crippen molar-refractivity contribution in [3.05, 3.63) is 0 Å². The van der Waals surface area contributed by atoms with E-state index < -0.39 is 9.15 Å². The van der Waals surface area contributed by atoms with Crippen molar-refractivity contribution >= 4 is 19.9 Å². The summed E-state index contributed by atoms with van der Waals surface area (Å²) in [5, 5.41) is 0. The van der Waals surface area contributed by atoms with E-state index in [4.69, 9.17) is 4.55 Å². The van der Waals surface area contributed by atoms with Gasteiger partial charge in [0.2, 0.25) is 0 Å². The molecule has 0 spiro atoms. The third-order valence-corrected chi connectivity index (χ3v) is 4.13. The van der Waals surface area contributed by atoms with Gasteiger partial charge in [0.05, 0.1) is 0 Å². The Morgan fingerprint density at radius 2 is 1.60 bits per heavy atom. The Labute approximate surface area is 96.6 Å². The molecule has 4 nitrogen and oxygen atoms in total. The lowest BCUT2D eigenvalue weighted by Crippen LogP contribution is -2.12. The molecule has 0 radical (unpaired) electrons. The third kappa shape index (κ3) is 14.2. The molecule has 0 aromatic carbocycles. The van der Waals surface area contributed by atoms with E-state index in [0.717, 1.165) is 25.8 Å². The molecule has 15 heavy (non-hydrogen) atoms. The van der Waals surface area contributed by atoms with Crippen molar-refractivity contribution in [3.63, 3.8) is 0 Å². The molecule has 0 atom stereocenters. The molecule has 0 aromatic rings. The van der Waals surface area contributed by atoms with Crippen LogP contribution in [0, 0.1) is 0 Å². The first-order valence-electron chi connectivity index (χ1n) is 5.18. The normalized spacial score (nSPS) is 12.3. The predicted octanol–water partition coefficient (Wildman–Crippen LogP) is 2.03. The van der Waals surface area contributed by atoms with Crippen molar-refractivity contribution in [3.8, 4) is 0 Å². The van der Waals surface area contributed by atoms with Crippen LogP contribution >= 0.6 is 10.8 Å². The molecule has 0 fully saturated rings. The van der Waals surface area contributed by atoms with Crippen molar-refractivity contribution in [2.45, 2.75) is 32.1 Å². The highest BCUT2D eigenvalue weighted by Crippen LogP contribution is 2.13. The summed E-state index contributed by atoms with van der Waals surface area (Å²) in [7, 11) is 0.916. The summed E-state index contributed by atoms with van der Waals surface area (Å²) in [6, 6.07) is 0. The Bertz CT molecular complexity index is 240. The lowest BCUT2D eigenvalue weighted by molar-refractivity contribution is 0.390. The van der Waals surface area contributed by atoms with Crippen LogP contribution in [-0.2, 0) is 9.15 Å². The largest absolute Gasteiger partial charge is 0.319 e. The van der Waals surface area contributed by atoms with E-state index in [-0.39, 0.29) is 0 Å². The molecule has 0 rings (SSSR count). The monoisotopic (exact) mass is 255 g/mol. The Kier molecular flexibility index (Phi) is 8.50. The predicted molar refractivity (Wildman–Crippen MR) is 65.6 cm³/mol. The van der Waals surface area contributed by atoms with Crippen molar-refractivity contribution in [1.82, 2.24) is 4.90 Å². The molecule has 0 saturated carbocycles. The second kappa shape index (κ2) is 8.38. The molecule has 0 aliphatic carbocycles. The van der Waals surface area contributed by atoms with E-state index in [9.17, 15) is 8.42 Å². The average Bonchev–Trinajstić information content (AvgIpc) is 2.07. The number of hydrogen-bond donors (Lipinski definition) is 1. The van der Waals surface area contributed by atoms with Gasteiger partial charge >= 0.3 is 9.15 Å². The number of unbranched alkanes of at least 4 members (excludes halogenated alkanes) is 4. The molecule has 0 heterocycles. The van der Waals surface area contributed by atoms with E-state index in [1.54, 1.807) is 0 Å². The number of rotatable bonds is 9. The Morgan fingerprint density at radius 1 is 1.07 bits per heavy atom. The van der Waals surface area contributed by atoms with Gasteiger partial charge in [-0.25, -0.2) is 0 Å². The highest BCUT2D eigenvalue weighted by atomic mass is 33.1. The third-order valence-electron chi connectivity index (χ3n) is 1.98. The van der Waals surface area contributed by atoms with Gasteiger partial charge in [0.25, 0.3) is 0 Å². The fraction of sp³-hybridized carbons (Fsp3) is 1.00. The average molecular weight is 255 g/mol. The maximum Gasteiger partial charge on any atom is 0.319 e. The molecule has 0 aromatic heterocycles. The van der Waals surface area contributed by atoms with E-state index in [1.165, 1.54) is 12.8 Å². The van der Waals surface area contributed by atoms with Gasteiger partial charge in [-0.15, -0.1) is 0 Å². The van der Waals surface area contributed by atoms with Crippen LogP contribution in [-0.4, -0.2) is 44.3 Å². The number of nitrogens with zero attached hydrogens (tertiary/aromatic N) is 1. The molecule has 0 bridgehead atoms. The minimum Gasteiger partial charge on any atom is -0.309 e. The van der Waals surface area contributed by atoms with Crippen molar-refractivity contribution in [1.29, 1.82) is 0 Å². The first kappa shape index (κ1) is 15.2. The minimum atomic E-state index is -3.82. The molecular formula is C9H21NO3S2. The molecule has 1 N–H and O–H groups in total. The summed E-state index contributed by atoms with van der Waals surface area (Å²) in [6.45, 7) is 1.11. The topological polar surface area (TPSA) is 57.6 Å². The zero-order valence-corrected chi connectivity index (χ0v) is 11.1. The second-order valence-electron chi connectivity index (χ2n) is 3.82. The van der Waals surface area contributed by atoms with Crippen LogP contribution in [0.3, 0.4) is 0 Å². The van der Waals surface area contributed by atoms with Crippen molar-refractivity contribution in [2.24, 2.45) is 0 Å². The van der Waals surface area contributed by atoms with Gasteiger partial charge < -0.3 is 4.90 Å². The molecule has 0 aliphatic heterocycles. The van der Waals surface area contributed by atoms with Crippen molar-refractivity contribution < 1.29 is 13.0 Å². The van der Waals surface area contributed by atoms with Gasteiger partial charge in [0, 0.05) is 5.75 Å². The van der Waals surface area contributed by atoms with E-state index in [2.05, 4.69) is 19.0 Å². The highest BCUT2D eigenvalue weighted by molar-refractivity contribution is 8.69. The molecular weight excluding hydrogens is 234 g/mol. The minimum absolute atomic E-state index is 0.493. The standard InChI is InChI=1S/C9H21NO3S2/c1-10(2)8-6-4-3-5-7-9-14-15(11,12)13/h3-9H2,1-2H3,(H,11,12,13). The Hall–Kier alpha value is 0.220. The van der Waals surface area contributed by atoms with Crippen LogP contribution in [0.1, 0.15) is 32.1 Å². The first-order valence-corrected chi connectivity index (χ1v) is 8.12. The van der Waals surface area contributed by atoms with E-state index >= 15 is 0 Å². The zero-order valence-electron chi connectivity index (χ0n) is 9.48. The highest BCUT2D eigenvalue weighted by Gasteiger charge is 2.03. The van der Waals surface area contributed by atoms with Gasteiger partial charge in [-0.05, 0) is 44.3 Å². The van der Waals surface area contributed by atoms with Crippen LogP contribution in [0.5, 0.6) is 0 Å². The lowest BCUT2D eigenvalue weighted by Gasteiger charge is -2.08. The molecule has 6 heteroatoms. The molecule has 92 valence electrons. The lowest BCUT2D eigenvalue weighted by atomic mass is 10.1. The smallest absolute Gasteiger partial charge is 0.309 e. The maximum absolute atomic E-state index is 10.4. The summed E-state index contributed by atoms with van der Waals surface area (Å²) in [6.07, 6.45) is 5.41. The maximum atomic E-state index is 10.4. The summed E-state index contributed by atoms with van der Waals surface area (Å²) in [5.41, 5.74) is 0. The second-order valence-corrected chi connectivity index (χ2v) is 7.29. The Balaban J connectivity index is 3.12. The molecule has 0 amide bonds. The number of hydrogen-bond acceptors (Lipinski definition) is 4. The van der Waals surface area contributed by atoms with Gasteiger partial charge in [-0.2, -0.15) is 8.42 Å². The quantitative estimate of drug-likeness (QED) is 0.388. The first-order chi connectivity index (χ1) is 6.92. The van der Waals surface area contributed by atoms with Gasteiger partial charge in [-0.1, -0.05) is 19.3 Å². The summed E-state index contributed by atoms with van der Waals surface area (Å²) < 4.78 is 29.2. The van der Waals surface area contributed by atoms with Gasteiger partial charge in [0.1, 0.15) is 0 Å². The summed E-state index contributed by atoms with van der Waals surface area (Å²) in [5.74, 6) is 0.493. The van der Waals surface area contributed by atoms with Crippen LogP contribution in [0.25, 0.3) is 0 Å². The van der Waals surface area contributed by atoms with Crippen LogP contribution < -0.4 is 0 Å². The van der Waals surface area contributed by atoms with Gasteiger partial charge in [0.15, 0.2) is 0 Å². The van der Waals surface area contributed by atoms with Gasteiger partial charge in [-0.3, -0.25) is 4.55 Å².